The summed E-state index contributed by atoms with van der Waals surface area (Å²) in [5.41, 5.74) is 1.49. The van der Waals surface area contributed by atoms with Crippen molar-refractivity contribution < 1.29 is 13.8 Å². The third-order valence-corrected chi connectivity index (χ3v) is 1.82. The van der Waals surface area contributed by atoms with Gasteiger partial charge in [0.05, 0.1) is 12.7 Å². The van der Waals surface area contributed by atoms with Crippen molar-refractivity contribution in [2.45, 2.75) is 0 Å². The maximum atomic E-state index is 11.1. The largest absolute Gasteiger partial charge is 0.453 e. The van der Waals surface area contributed by atoms with Gasteiger partial charge >= 0.3 is 5.82 Å². The molecule has 2 rings (SSSR count). The predicted molar refractivity (Wildman–Crippen MR) is 46.5 cm³/mol. The van der Waals surface area contributed by atoms with Gasteiger partial charge in [0.2, 0.25) is 5.58 Å². The van der Waals surface area contributed by atoms with Crippen LogP contribution in [-0.4, -0.2) is 14.1 Å². The van der Waals surface area contributed by atoms with E-state index in [9.17, 15) is 5.21 Å². The zero-order valence-electron chi connectivity index (χ0n) is 7.25. The average molecular weight is 183 g/mol. The molecule has 70 valence electrons. The Balaban J connectivity index is 2.72. The summed E-state index contributed by atoms with van der Waals surface area (Å²) in [6.07, 6.45) is 1.50. The molecule has 0 atom stereocenters. The normalized spacial score (nSPS) is 10.6. The standard InChI is InChI=1S/C7H9N3O3/c1-8-4-3-12-6-5(4)13-10(11)7(6)9-2/h3,8-9H,1-2H3. The minimum Gasteiger partial charge on any atom is -0.453 e. The number of hydrogen-bond donors (Lipinski definition) is 2. The Hall–Kier alpha value is -1.85. The summed E-state index contributed by atoms with van der Waals surface area (Å²) in [6.45, 7) is 0. The molecule has 0 aliphatic heterocycles. The van der Waals surface area contributed by atoms with Gasteiger partial charge in [-0.25, -0.2) is 0 Å². The number of rotatable bonds is 2. The third kappa shape index (κ3) is 0.915. The number of hydrogen-bond acceptors (Lipinski definition) is 5. The molecule has 0 aliphatic carbocycles. The van der Waals surface area contributed by atoms with Crippen molar-refractivity contribution in [1.29, 1.82) is 0 Å². The zero-order chi connectivity index (χ0) is 9.42. The summed E-state index contributed by atoms with van der Waals surface area (Å²) >= 11 is 0. The van der Waals surface area contributed by atoms with Gasteiger partial charge in [-0.15, -0.1) is 0 Å². The van der Waals surface area contributed by atoms with E-state index in [-0.39, 0.29) is 5.82 Å². The second-order valence-corrected chi connectivity index (χ2v) is 2.50. The second-order valence-electron chi connectivity index (χ2n) is 2.50. The highest BCUT2D eigenvalue weighted by Crippen LogP contribution is 2.29. The van der Waals surface area contributed by atoms with E-state index in [4.69, 9.17) is 8.94 Å². The van der Waals surface area contributed by atoms with E-state index in [1.54, 1.807) is 14.1 Å². The van der Waals surface area contributed by atoms with Crippen LogP contribution in [0.1, 0.15) is 0 Å². The van der Waals surface area contributed by atoms with E-state index in [2.05, 4.69) is 10.6 Å². The lowest BCUT2D eigenvalue weighted by Crippen LogP contribution is -2.26. The van der Waals surface area contributed by atoms with E-state index in [0.717, 1.165) is 0 Å². The van der Waals surface area contributed by atoms with E-state index in [0.29, 0.717) is 21.8 Å². The van der Waals surface area contributed by atoms with Gasteiger partial charge in [-0.05, 0) is 4.90 Å². The van der Waals surface area contributed by atoms with E-state index in [1.807, 2.05) is 0 Å². The van der Waals surface area contributed by atoms with Crippen LogP contribution in [0.5, 0.6) is 0 Å². The highest BCUT2D eigenvalue weighted by atomic mass is 16.7. The number of anilines is 2. The molecule has 6 heteroatoms. The number of nitrogens with zero attached hydrogens (tertiary/aromatic N) is 1. The molecule has 2 N–H and O–H groups in total. The Morgan fingerprint density at radius 2 is 2.08 bits per heavy atom. The van der Waals surface area contributed by atoms with Crippen molar-refractivity contribution in [3.05, 3.63) is 11.5 Å². The van der Waals surface area contributed by atoms with Crippen molar-refractivity contribution in [3.63, 3.8) is 0 Å². The van der Waals surface area contributed by atoms with Crippen LogP contribution in [-0.2, 0) is 0 Å². The molecule has 0 radical (unpaired) electrons. The topological polar surface area (TPSA) is 77.3 Å². The smallest absolute Gasteiger partial charge is 0.359 e. The Labute approximate surface area is 73.7 Å². The van der Waals surface area contributed by atoms with Crippen molar-refractivity contribution in [2.24, 2.45) is 0 Å². The van der Waals surface area contributed by atoms with Crippen molar-refractivity contribution >= 4 is 22.7 Å². The number of furan rings is 1. The summed E-state index contributed by atoms with van der Waals surface area (Å²) in [6, 6.07) is 0. The lowest BCUT2D eigenvalue weighted by Gasteiger charge is -1.93. The van der Waals surface area contributed by atoms with Crippen LogP contribution in [0.25, 0.3) is 11.2 Å². The van der Waals surface area contributed by atoms with Crippen molar-refractivity contribution in [3.8, 4) is 0 Å². The first-order chi connectivity index (χ1) is 6.27. The molecular formula is C7H9N3O3. The van der Waals surface area contributed by atoms with E-state index in [1.165, 1.54) is 6.26 Å². The fourth-order valence-corrected chi connectivity index (χ4v) is 1.19. The summed E-state index contributed by atoms with van der Waals surface area (Å²) < 4.78 is 10.0. The van der Waals surface area contributed by atoms with Crippen molar-refractivity contribution in [2.75, 3.05) is 24.7 Å². The van der Waals surface area contributed by atoms with Crippen LogP contribution < -0.4 is 15.5 Å². The second kappa shape index (κ2) is 2.58. The lowest BCUT2D eigenvalue weighted by molar-refractivity contribution is -0.776. The minimum absolute atomic E-state index is 0.275. The average Bonchev–Trinajstić information content (AvgIpc) is 2.62. The molecule has 13 heavy (non-hydrogen) atoms. The van der Waals surface area contributed by atoms with Crippen LogP contribution in [0, 0.1) is 5.21 Å². The molecular weight excluding hydrogens is 174 g/mol. The minimum atomic E-state index is 0.275. The zero-order valence-corrected chi connectivity index (χ0v) is 7.25. The van der Waals surface area contributed by atoms with Gasteiger partial charge in [-0.1, -0.05) is 0 Å². The van der Waals surface area contributed by atoms with Crippen LogP contribution >= 0.6 is 0 Å². The van der Waals surface area contributed by atoms with Crippen molar-refractivity contribution in [1.82, 2.24) is 0 Å². The monoisotopic (exact) mass is 183 g/mol. The first-order valence-electron chi connectivity index (χ1n) is 3.77. The lowest BCUT2D eigenvalue weighted by atomic mass is 10.4. The predicted octanol–water partition coefficient (Wildman–Crippen LogP) is 0.743. The maximum Gasteiger partial charge on any atom is 0.359 e. The van der Waals surface area contributed by atoms with Crippen LogP contribution in [0.4, 0.5) is 11.5 Å². The quantitative estimate of drug-likeness (QED) is 0.671. The van der Waals surface area contributed by atoms with Crippen LogP contribution in [0.2, 0.25) is 0 Å². The fraction of sp³-hybridized carbons (Fsp3) is 0.286. The Morgan fingerprint density at radius 1 is 1.31 bits per heavy atom. The Kier molecular flexibility index (Phi) is 1.54. The molecule has 0 aromatic carbocycles. The fourth-order valence-electron chi connectivity index (χ4n) is 1.19. The molecule has 2 aromatic heterocycles. The van der Waals surface area contributed by atoms with Crippen LogP contribution in [0.15, 0.2) is 15.2 Å². The van der Waals surface area contributed by atoms with Gasteiger partial charge in [0, 0.05) is 7.05 Å². The van der Waals surface area contributed by atoms with Crippen LogP contribution in [0.3, 0.4) is 0 Å². The first-order valence-corrected chi connectivity index (χ1v) is 3.77. The third-order valence-electron chi connectivity index (χ3n) is 1.82. The molecule has 0 bridgehead atoms. The number of nitrogens with one attached hydrogen (secondary N) is 2. The molecule has 0 amide bonds. The SMILES string of the molecule is CNc1coc2c(NC)[n+]([O-])oc12. The van der Waals surface area contributed by atoms with Gasteiger partial charge in [-0.2, -0.15) is 0 Å². The summed E-state index contributed by atoms with van der Waals surface area (Å²) in [4.78, 5) is 0.384. The molecule has 0 unspecified atom stereocenters. The molecule has 6 nitrogen and oxygen atoms in total. The van der Waals surface area contributed by atoms with Gasteiger partial charge in [0.1, 0.15) is 11.8 Å². The first kappa shape index (κ1) is 7.78. The maximum absolute atomic E-state index is 11.1. The highest BCUT2D eigenvalue weighted by Gasteiger charge is 2.18. The highest BCUT2D eigenvalue weighted by molar-refractivity contribution is 5.90. The molecule has 2 heterocycles. The van der Waals surface area contributed by atoms with Gasteiger partial charge in [0.25, 0.3) is 0 Å². The van der Waals surface area contributed by atoms with Gasteiger partial charge < -0.3 is 19.5 Å². The van der Waals surface area contributed by atoms with E-state index < -0.39 is 0 Å². The molecule has 0 saturated heterocycles. The summed E-state index contributed by atoms with van der Waals surface area (Å²) in [7, 11) is 3.35. The van der Waals surface area contributed by atoms with Gasteiger partial charge in [0.15, 0.2) is 0 Å². The Morgan fingerprint density at radius 3 is 2.69 bits per heavy atom. The van der Waals surface area contributed by atoms with E-state index >= 15 is 0 Å². The number of aromatic nitrogens is 1. The summed E-state index contributed by atoms with van der Waals surface area (Å²) in [5, 5.41) is 16.6. The Bertz CT molecular complexity index is 431. The molecule has 0 fully saturated rings. The number of fused-ring (bicyclic) bond motifs is 1. The molecule has 0 saturated carbocycles. The molecule has 2 aromatic rings. The molecule has 0 spiro atoms. The molecule has 0 aliphatic rings. The summed E-state index contributed by atoms with van der Waals surface area (Å²) in [5.74, 6) is 0.275. The van der Waals surface area contributed by atoms with Gasteiger partial charge in [-0.3, -0.25) is 5.32 Å².